The van der Waals surface area contributed by atoms with Gasteiger partial charge in [0.1, 0.15) is 5.15 Å². The average Bonchev–Trinajstić information content (AvgIpc) is 2.54. The van der Waals surface area contributed by atoms with Crippen LogP contribution in [-0.2, 0) is 7.59 Å². The van der Waals surface area contributed by atoms with Crippen molar-refractivity contribution in [3.05, 3.63) is 57.3 Å². The van der Waals surface area contributed by atoms with E-state index in [0.717, 1.165) is 0 Å². The Morgan fingerprint density at radius 1 is 0.964 bits per heavy atom. The molecule has 0 bridgehead atoms. The van der Waals surface area contributed by atoms with E-state index < -0.39 is 19.5 Å². The number of imide groups is 1. The number of anilines is 1. The van der Waals surface area contributed by atoms with Crippen LogP contribution in [0.2, 0.25) is 10.2 Å². The van der Waals surface area contributed by atoms with Gasteiger partial charge in [-0.1, -0.05) is 92.8 Å². The molecule has 0 radical (unpaired) electrons. The summed E-state index contributed by atoms with van der Waals surface area (Å²) in [5, 5.41) is 4.19. The number of benzene rings is 1. The van der Waals surface area contributed by atoms with E-state index >= 15 is 0 Å². The van der Waals surface area contributed by atoms with E-state index in [1.54, 1.807) is 0 Å². The second-order valence-corrected chi connectivity index (χ2v) is 10.4. The maximum Gasteiger partial charge on any atom is 0.326 e. The van der Waals surface area contributed by atoms with Crippen molar-refractivity contribution in [1.29, 1.82) is 0 Å². The van der Waals surface area contributed by atoms with Crippen molar-refractivity contribution in [2.45, 2.75) is 7.59 Å². The van der Waals surface area contributed by atoms with Crippen molar-refractivity contribution in [2.24, 2.45) is 0 Å². The molecule has 1 aromatic heterocycles. The van der Waals surface area contributed by atoms with Gasteiger partial charge in [0.2, 0.25) is 7.59 Å². The maximum absolute atomic E-state index is 12.2. The number of aromatic nitrogens is 1. The van der Waals surface area contributed by atoms with Crippen LogP contribution in [-0.4, -0.2) is 16.9 Å². The van der Waals surface area contributed by atoms with Crippen LogP contribution in [0.3, 0.4) is 0 Å². The second kappa shape index (κ2) is 9.19. The summed E-state index contributed by atoms with van der Waals surface area (Å²) >= 11 is 47.3. The summed E-state index contributed by atoms with van der Waals surface area (Å²) in [5.41, 5.74) is -0.0445. The normalized spacial score (nSPS) is 11.9. The van der Waals surface area contributed by atoms with Crippen LogP contribution in [0.4, 0.5) is 10.5 Å². The molecule has 0 saturated heterocycles. The molecule has 0 fully saturated rings. The summed E-state index contributed by atoms with van der Waals surface area (Å²) in [6.45, 7) is 0. The number of carbonyl (C=O) groups excluding carboxylic acids is 2. The SMILES string of the molecule is O=C(NC(=O)c1cccnc1Cl)Nc1cc(C(Cl)(Cl)Cl)cc(C(Cl)(Cl)Cl)c1Cl. The van der Waals surface area contributed by atoms with Gasteiger partial charge in [0.15, 0.2) is 0 Å². The molecule has 13 heteroatoms. The van der Waals surface area contributed by atoms with E-state index in [2.05, 4.69) is 15.6 Å². The van der Waals surface area contributed by atoms with Crippen molar-refractivity contribution in [3.63, 3.8) is 0 Å². The highest BCUT2D eigenvalue weighted by molar-refractivity contribution is 6.68. The third-order valence-corrected chi connectivity index (χ3v) is 5.16. The molecule has 1 aromatic carbocycles. The Kier molecular flexibility index (Phi) is 7.85. The van der Waals surface area contributed by atoms with E-state index in [1.807, 2.05) is 0 Å². The molecule has 150 valence electrons. The lowest BCUT2D eigenvalue weighted by Crippen LogP contribution is -2.34. The molecule has 2 N–H and O–H groups in total. The van der Waals surface area contributed by atoms with Crippen molar-refractivity contribution in [2.75, 3.05) is 5.32 Å². The first-order valence-corrected chi connectivity index (χ1v) is 10.0. The quantitative estimate of drug-likeness (QED) is 0.316. The summed E-state index contributed by atoms with van der Waals surface area (Å²) in [4.78, 5) is 28.1. The topological polar surface area (TPSA) is 71.1 Å². The first-order chi connectivity index (χ1) is 12.8. The number of halogens is 8. The number of urea groups is 1. The minimum atomic E-state index is -1.98. The number of nitrogens with zero attached hydrogens (tertiary/aromatic N) is 1. The monoisotopic (exact) mass is 541 g/mol. The molecule has 1 heterocycles. The van der Waals surface area contributed by atoms with Crippen LogP contribution in [0, 0.1) is 0 Å². The number of hydrogen-bond donors (Lipinski definition) is 2. The largest absolute Gasteiger partial charge is 0.326 e. The fourth-order valence-corrected chi connectivity index (χ4v) is 3.39. The lowest BCUT2D eigenvalue weighted by Gasteiger charge is -2.21. The molecule has 0 atom stereocenters. The predicted octanol–water partition coefficient (Wildman–Crippen LogP) is 7.00. The summed E-state index contributed by atoms with van der Waals surface area (Å²) < 4.78 is -3.88. The van der Waals surface area contributed by atoms with Gasteiger partial charge in [-0.15, -0.1) is 0 Å². The van der Waals surface area contributed by atoms with Crippen LogP contribution >= 0.6 is 92.8 Å². The molecule has 2 rings (SSSR count). The third kappa shape index (κ3) is 6.07. The number of carbonyl (C=O) groups is 2. The standard InChI is InChI=1S/C15H7Cl8N3O2/c16-10-8(15(21,22)23)4-6(14(18,19)20)5-9(10)25-13(28)26-12(27)7-2-1-3-24-11(7)17/h1-5H,(H2,25,26,27,28). The third-order valence-electron chi connectivity index (χ3n) is 3.18. The Morgan fingerprint density at radius 2 is 1.61 bits per heavy atom. The zero-order chi connectivity index (χ0) is 21.3. The van der Waals surface area contributed by atoms with Gasteiger partial charge in [0.05, 0.1) is 16.3 Å². The molecule has 0 aliphatic carbocycles. The Morgan fingerprint density at radius 3 is 2.14 bits per heavy atom. The Bertz CT molecular complexity index is 924. The molecular formula is C15H7Cl8N3O2. The molecule has 2 aromatic rings. The molecule has 0 unspecified atom stereocenters. The highest BCUT2D eigenvalue weighted by Crippen LogP contribution is 2.48. The molecular weight excluding hydrogens is 538 g/mol. The molecule has 3 amide bonds. The molecule has 5 nitrogen and oxygen atoms in total. The summed E-state index contributed by atoms with van der Waals surface area (Å²) in [6, 6.07) is 4.44. The van der Waals surface area contributed by atoms with Gasteiger partial charge in [0, 0.05) is 17.3 Å². The fraction of sp³-hybridized carbons (Fsp3) is 0.133. The Labute approximate surface area is 199 Å². The van der Waals surface area contributed by atoms with E-state index in [0.29, 0.717) is 0 Å². The van der Waals surface area contributed by atoms with E-state index in [1.165, 1.54) is 30.5 Å². The number of nitrogens with one attached hydrogen (secondary N) is 2. The van der Waals surface area contributed by atoms with Gasteiger partial charge >= 0.3 is 6.03 Å². The number of rotatable bonds is 2. The zero-order valence-corrected chi connectivity index (χ0v) is 19.2. The highest BCUT2D eigenvalue weighted by atomic mass is 35.6. The van der Waals surface area contributed by atoms with Crippen LogP contribution in [0.15, 0.2) is 30.5 Å². The van der Waals surface area contributed by atoms with Gasteiger partial charge < -0.3 is 5.32 Å². The van der Waals surface area contributed by atoms with Crippen molar-refractivity contribution in [3.8, 4) is 0 Å². The Balaban J connectivity index is 2.33. The highest BCUT2D eigenvalue weighted by Gasteiger charge is 2.32. The predicted molar refractivity (Wildman–Crippen MR) is 116 cm³/mol. The molecule has 0 saturated carbocycles. The van der Waals surface area contributed by atoms with Gasteiger partial charge in [-0.2, -0.15) is 0 Å². The average molecular weight is 545 g/mol. The lowest BCUT2D eigenvalue weighted by molar-refractivity contribution is 0.0967. The second-order valence-electron chi connectivity index (χ2n) is 5.13. The lowest BCUT2D eigenvalue weighted by atomic mass is 10.1. The summed E-state index contributed by atoms with van der Waals surface area (Å²) in [7, 11) is 0. The van der Waals surface area contributed by atoms with Gasteiger partial charge in [-0.3, -0.25) is 10.1 Å². The first-order valence-electron chi connectivity index (χ1n) is 7.01. The van der Waals surface area contributed by atoms with E-state index in [9.17, 15) is 9.59 Å². The molecule has 0 aliphatic rings. The van der Waals surface area contributed by atoms with E-state index in [-0.39, 0.29) is 32.6 Å². The van der Waals surface area contributed by atoms with Crippen LogP contribution in [0.1, 0.15) is 21.5 Å². The number of hydrogen-bond acceptors (Lipinski definition) is 3. The summed E-state index contributed by atoms with van der Waals surface area (Å²) in [6.07, 6.45) is 1.39. The Hall–Kier alpha value is -0.370. The van der Waals surface area contributed by atoms with Gasteiger partial charge in [-0.25, -0.2) is 9.78 Å². The van der Waals surface area contributed by atoms with Gasteiger partial charge in [0.25, 0.3) is 5.91 Å². The zero-order valence-electron chi connectivity index (χ0n) is 13.2. The van der Waals surface area contributed by atoms with Crippen molar-refractivity contribution < 1.29 is 9.59 Å². The van der Waals surface area contributed by atoms with E-state index in [4.69, 9.17) is 92.8 Å². The molecule has 0 spiro atoms. The van der Waals surface area contributed by atoms with Crippen LogP contribution in [0.25, 0.3) is 0 Å². The van der Waals surface area contributed by atoms with Crippen LogP contribution < -0.4 is 10.6 Å². The van der Waals surface area contributed by atoms with Gasteiger partial charge in [-0.05, 0) is 24.3 Å². The number of alkyl halides is 6. The van der Waals surface area contributed by atoms with Crippen molar-refractivity contribution in [1.82, 2.24) is 10.3 Å². The smallest absolute Gasteiger partial charge is 0.306 e. The number of amides is 3. The minimum Gasteiger partial charge on any atom is -0.306 e. The number of pyridine rings is 1. The van der Waals surface area contributed by atoms with Crippen LogP contribution in [0.5, 0.6) is 0 Å². The molecule has 0 aliphatic heterocycles. The maximum atomic E-state index is 12.2. The van der Waals surface area contributed by atoms with Crippen molar-refractivity contribution >= 4 is 110 Å². The minimum absolute atomic E-state index is 0.0116. The summed E-state index contributed by atoms with van der Waals surface area (Å²) in [5.74, 6) is -0.800. The first kappa shape index (κ1) is 23.9. The molecule has 28 heavy (non-hydrogen) atoms. The fourth-order valence-electron chi connectivity index (χ4n) is 1.96.